The Labute approximate surface area is 98.8 Å². The summed E-state index contributed by atoms with van der Waals surface area (Å²) in [4.78, 5) is 20.8. The minimum Gasteiger partial charge on any atom is -0.466 e. The molecular weight excluding hydrogens is 226 g/mol. The van der Waals surface area contributed by atoms with Crippen molar-refractivity contribution in [2.45, 2.75) is 32.1 Å². The van der Waals surface area contributed by atoms with Gasteiger partial charge in [-0.25, -0.2) is 14.6 Å². The van der Waals surface area contributed by atoms with Crippen LogP contribution < -0.4 is 5.32 Å². The van der Waals surface area contributed by atoms with E-state index in [-0.39, 0.29) is 18.8 Å². The van der Waals surface area contributed by atoms with Crippen molar-refractivity contribution in [1.29, 1.82) is 0 Å². The van der Waals surface area contributed by atoms with Crippen LogP contribution in [0.25, 0.3) is 0 Å². The van der Waals surface area contributed by atoms with Gasteiger partial charge < -0.3 is 14.5 Å². The number of hydrogen-bond acceptors (Lipinski definition) is 5. The van der Waals surface area contributed by atoms with Gasteiger partial charge in [0.2, 0.25) is 0 Å². The maximum absolute atomic E-state index is 11.4. The lowest BCUT2D eigenvalue weighted by Gasteiger charge is -2.27. The number of carbonyl (C=O) groups excluding carboxylic acids is 1. The average Bonchev–Trinajstić information content (AvgIpc) is 2.73. The smallest absolute Gasteiger partial charge is 0.407 e. The molecule has 0 aromatic carbocycles. The fourth-order valence-corrected chi connectivity index (χ4v) is 1.50. The summed E-state index contributed by atoms with van der Waals surface area (Å²) in [5.41, 5.74) is 0. The van der Waals surface area contributed by atoms with Gasteiger partial charge in [-0.3, -0.25) is 0 Å². The molecule has 2 rings (SSSR count). The Morgan fingerprint density at radius 2 is 2.53 bits per heavy atom. The molecule has 1 N–H and O–H groups in total. The zero-order valence-electron chi connectivity index (χ0n) is 9.55. The monoisotopic (exact) mass is 241 g/mol. The number of amides is 1. The summed E-state index contributed by atoms with van der Waals surface area (Å²) in [5.74, 6) is 0.614. The Hall–Kier alpha value is -1.53. The first-order valence-electron chi connectivity index (χ1n) is 5.48. The number of ether oxygens (including phenoxy) is 1. The molecule has 6 nitrogen and oxygen atoms in total. The van der Waals surface area contributed by atoms with Gasteiger partial charge in [-0.15, -0.1) is 0 Å². The van der Waals surface area contributed by atoms with E-state index < -0.39 is 6.09 Å². The van der Waals surface area contributed by atoms with Crippen LogP contribution in [0.2, 0.25) is 0 Å². The summed E-state index contributed by atoms with van der Waals surface area (Å²) in [6.45, 7) is 2.60. The van der Waals surface area contributed by atoms with Crippen molar-refractivity contribution in [3.8, 4) is 0 Å². The Bertz CT molecular complexity index is 347. The molecule has 2 unspecified atom stereocenters. The molecule has 1 aliphatic heterocycles. The molecule has 0 saturated carbocycles. The van der Waals surface area contributed by atoms with Crippen LogP contribution in [0.15, 0.2) is 22.8 Å². The summed E-state index contributed by atoms with van der Waals surface area (Å²) in [7, 11) is 0. The van der Waals surface area contributed by atoms with E-state index in [0.717, 1.165) is 0 Å². The van der Waals surface area contributed by atoms with E-state index in [1.807, 2.05) is 6.92 Å². The first-order chi connectivity index (χ1) is 8.24. The van der Waals surface area contributed by atoms with E-state index in [9.17, 15) is 4.79 Å². The van der Waals surface area contributed by atoms with Crippen LogP contribution in [-0.4, -0.2) is 24.8 Å². The van der Waals surface area contributed by atoms with E-state index >= 15 is 0 Å². The lowest BCUT2D eigenvalue weighted by Crippen LogP contribution is -2.40. The standard InChI is InChI=1S/C11H15NO5/c1-8(5-10-7-16-17-10)12-11(13)15-6-9-3-2-4-14-9/h2-4,8,10H,5-7H2,1H3,(H,12,13). The molecule has 17 heavy (non-hydrogen) atoms. The highest BCUT2D eigenvalue weighted by Crippen LogP contribution is 2.12. The largest absolute Gasteiger partial charge is 0.466 e. The van der Waals surface area contributed by atoms with Gasteiger partial charge in [0, 0.05) is 6.04 Å². The maximum atomic E-state index is 11.4. The van der Waals surface area contributed by atoms with Crippen molar-refractivity contribution in [1.82, 2.24) is 5.32 Å². The maximum Gasteiger partial charge on any atom is 0.407 e. The second-order valence-electron chi connectivity index (χ2n) is 3.94. The molecule has 1 saturated heterocycles. The van der Waals surface area contributed by atoms with Gasteiger partial charge >= 0.3 is 6.09 Å². The normalized spacial score (nSPS) is 20.4. The Kier molecular flexibility index (Phi) is 4.00. The molecule has 94 valence electrons. The highest BCUT2D eigenvalue weighted by Gasteiger charge is 2.23. The van der Waals surface area contributed by atoms with Crippen molar-refractivity contribution < 1.29 is 23.7 Å². The van der Waals surface area contributed by atoms with Gasteiger partial charge in [-0.2, -0.15) is 0 Å². The second-order valence-corrected chi connectivity index (χ2v) is 3.94. The predicted molar refractivity (Wildman–Crippen MR) is 56.9 cm³/mol. The lowest BCUT2D eigenvalue weighted by molar-refractivity contribution is -0.425. The first kappa shape index (κ1) is 11.9. The predicted octanol–water partition coefficient (Wildman–Crippen LogP) is 1.61. The number of furan rings is 1. The molecule has 1 aromatic heterocycles. The zero-order chi connectivity index (χ0) is 12.1. The molecule has 6 heteroatoms. The van der Waals surface area contributed by atoms with Crippen molar-refractivity contribution in [3.63, 3.8) is 0 Å². The van der Waals surface area contributed by atoms with Gasteiger partial charge in [-0.05, 0) is 25.5 Å². The number of nitrogens with one attached hydrogen (secondary N) is 1. The van der Waals surface area contributed by atoms with Gasteiger partial charge in [-0.1, -0.05) is 0 Å². The highest BCUT2D eigenvalue weighted by atomic mass is 17.2. The molecule has 2 heterocycles. The van der Waals surface area contributed by atoms with Crippen molar-refractivity contribution >= 4 is 6.09 Å². The number of rotatable bonds is 5. The molecule has 1 fully saturated rings. The van der Waals surface area contributed by atoms with Crippen LogP contribution in [0, 0.1) is 0 Å². The Balaban J connectivity index is 1.62. The van der Waals surface area contributed by atoms with Crippen molar-refractivity contribution in [3.05, 3.63) is 24.2 Å². The van der Waals surface area contributed by atoms with Crippen LogP contribution in [0.1, 0.15) is 19.1 Å². The number of carbonyl (C=O) groups is 1. The van der Waals surface area contributed by atoms with E-state index in [1.54, 1.807) is 12.1 Å². The van der Waals surface area contributed by atoms with Crippen LogP contribution >= 0.6 is 0 Å². The minimum absolute atomic E-state index is 0.0204. The minimum atomic E-state index is -0.464. The Morgan fingerprint density at radius 3 is 3.12 bits per heavy atom. The molecule has 1 aromatic rings. The van der Waals surface area contributed by atoms with Crippen LogP contribution in [0.5, 0.6) is 0 Å². The van der Waals surface area contributed by atoms with Crippen molar-refractivity contribution in [2.75, 3.05) is 6.61 Å². The van der Waals surface area contributed by atoms with Crippen molar-refractivity contribution in [2.24, 2.45) is 0 Å². The summed E-state index contributed by atoms with van der Waals surface area (Å²) in [6, 6.07) is 3.47. The SMILES string of the molecule is CC(CC1COO1)NC(=O)OCc1ccco1. The molecule has 2 atom stereocenters. The van der Waals surface area contributed by atoms with Gasteiger partial charge in [0.15, 0.2) is 6.61 Å². The third kappa shape index (κ3) is 3.76. The average molecular weight is 241 g/mol. The van der Waals surface area contributed by atoms with E-state index in [2.05, 4.69) is 10.2 Å². The summed E-state index contributed by atoms with van der Waals surface area (Å²) in [5, 5.41) is 2.70. The van der Waals surface area contributed by atoms with Gasteiger partial charge in [0.1, 0.15) is 18.5 Å². The molecule has 0 spiro atoms. The fraction of sp³-hybridized carbons (Fsp3) is 0.545. The number of hydrogen-bond donors (Lipinski definition) is 1. The van der Waals surface area contributed by atoms with Crippen LogP contribution in [0.3, 0.4) is 0 Å². The highest BCUT2D eigenvalue weighted by molar-refractivity contribution is 5.67. The molecule has 1 amide bonds. The van der Waals surface area contributed by atoms with Crippen LogP contribution in [0.4, 0.5) is 4.79 Å². The zero-order valence-corrected chi connectivity index (χ0v) is 9.55. The van der Waals surface area contributed by atoms with E-state index in [4.69, 9.17) is 14.0 Å². The van der Waals surface area contributed by atoms with Crippen LogP contribution in [-0.2, 0) is 21.1 Å². The summed E-state index contributed by atoms with van der Waals surface area (Å²) < 4.78 is 10.0. The topological polar surface area (TPSA) is 69.9 Å². The summed E-state index contributed by atoms with van der Waals surface area (Å²) in [6.07, 6.45) is 1.84. The third-order valence-electron chi connectivity index (χ3n) is 2.36. The quantitative estimate of drug-likeness (QED) is 0.793. The molecule has 0 aliphatic carbocycles. The molecule has 1 aliphatic rings. The fourth-order valence-electron chi connectivity index (χ4n) is 1.50. The first-order valence-corrected chi connectivity index (χ1v) is 5.48. The molecular formula is C11H15NO5. The Morgan fingerprint density at radius 1 is 1.71 bits per heavy atom. The van der Waals surface area contributed by atoms with Gasteiger partial charge in [0.05, 0.1) is 6.26 Å². The van der Waals surface area contributed by atoms with E-state index in [0.29, 0.717) is 18.8 Å². The van der Waals surface area contributed by atoms with E-state index in [1.165, 1.54) is 6.26 Å². The van der Waals surface area contributed by atoms with Gasteiger partial charge in [0.25, 0.3) is 0 Å². The summed E-state index contributed by atoms with van der Waals surface area (Å²) >= 11 is 0. The lowest BCUT2D eigenvalue weighted by atomic mass is 10.1. The molecule has 0 bridgehead atoms. The second kappa shape index (κ2) is 5.70. The number of alkyl carbamates (subject to hydrolysis) is 1. The molecule has 0 radical (unpaired) electrons. The third-order valence-corrected chi connectivity index (χ3v) is 2.36.